The van der Waals surface area contributed by atoms with Gasteiger partial charge in [-0.15, -0.1) is 0 Å². The molecule has 0 aliphatic carbocycles. The highest BCUT2D eigenvalue weighted by Crippen LogP contribution is 2.31. The summed E-state index contributed by atoms with van der Waals surface area (Å²) in [5.41, 5.74) is 0.344. The number of anilines is 1. The summed E-state index contributed by atoms with van der Waals surface area (Å²) in [4.78, 5) is 34.6. The van der Waals surface area contributed by atoms with Gasteiger partial charge in [0.25, 0.3) is 11.6 Å². The topological polar surface area (TPSA) is 153 Å². The van der Waals surface area contributed by atoms with Crippen LogP contribution in [0, 0.1) is 10.1 Å². The molecule has 0 saturated heterocycles. The first-order valence-electron chi connectivity index (χ1n) is 8.74. The predicted molar refractivity (Wildman–Crippen MR) is 106 cm³/mol. The Balaban J connectivity index is 2.14. The van der Waals surface area contributed by atoms with Gasteiger partial charge >= 0.3 is 0 Å². The highest BCUT2D eigenvalue weighted by molar-refractivity contribution is 6.10. The molecule has 1 atom stereocenters. The minimum absolute atomic E-state index is 0.0779. The molecule has 0 fully saturated rings. The number of ketones is 1. The highest BCUT2D eigenvalue weighted by Gasteiger charge is 2.23. The van der Waals surface area contributed by atoms with Gasteiger partial charge in [0.1, 0.15) is 18.0 Å². The van der Waals surface area contributed by atoms with Gasteiger partial charge in [0.05, 0.1) is 24.7 Å². The molecular formula is C19H20N4O7. The van der Waals surface area contributed by atoms with E-state index in [0.717, 1.165) is 6.07 Å². The maximum atomic E-state index is 12.5. The average Bonchev–Trinajstić information content (AvgIpc) is 2.73. The van der Waals surface area contributed by atoms with Crippen LogP contribution >= 0.6 is 0 Å². The number of methoxy groups -OCH3 is 1. The van der Waals surface area contributed by atoms with Crippen molar-refractivity contribution in [2.45, 2.75) is 13.0 Å². The second-order valence-electron chi connectivity index (χ2n) is 5.93. The molecule has 1 unspecified atom stereocenters. The summed E-state index contributed by atoms with van der Waals surface area (Å²) < 4.78 is 10.3. The van der Waals surface area contributed by atoms with E-state index in [2.05, 4.69) is 15.5 Å². The van der Waals surface area contributed by atoms with Crippen LogP contribution in [0.1, 0.15) is 6.92 Å². The molecule has 2 rings (SSSR count). The molecule has 0 bridgehead atoms. The van der Waals surface area contributed by atoms with Crippen molar-refractivity contribution in [1.29, 1.82) is 0 Å². The summed E-state index contributed by atoms with van der Waals surface area (Å²) in [7, 11) is 1.31. The third-order valence-corrected chi connectivity index (χ3v) is 3.77. The molecule has 0 heterocycles. The summed E-state index contributed by atoms with van der Waals surface area (Å²) in [6.07, 6.45) is 0. The number of rotatable bonds is 10. The molecule has 30 heavy (non-hydrogen) atoms. The van der Waals surface area contributed by atoms with E-state index in [9.17, 15) is 19.7 Å². The molecule has 0 aliphatic rings. The summed E-state index contributed by atoms with van der Waals surface area (Å²) in [5.74, 6) is -0.652. The molecule has 0 spiro atoms. The largest absolute Gasteiger partial charge is 0.494 e. The fraction of sp³-hybridized carbons (Fsp3) is 0.263. The van der Waals surface area contributed by atoms with Crippen LogP contribution in [0.15, 0.2) is 52.7 Å². The van der Waals surface area contributed by atoms with E-state index in [-0.39, 0.29) is 30.3 Å². The Morgan fingerprint density at radius 3 is 2.50 bits per heavy atom. The van der Waals surface area contributed by atoms with E-state index in [1.54, 1.807) is 24.3 Å². The Morgan fingerprint density at radius 1 is 1.23 bits per heavy atom. The number of nitro groups is 1. The highest BCUT2D eigenvalue weighted by atomic mass is 16.6. The summed E-state index contributed by atoms with van der Waals surface area (Å²) >= 11 is 0. The maximum Gasteiger partial charge on any atom is 0.273 e. The number of hydrogen-bond acceptors (Lipinski definition) is 9. The molecule has 0 aliphatic heterocycles. The fourth-order valence-electron chi connectivity index (χ4n) is 2.31. The van der Waals surface area contributed by atoms with Crippen molar-refractivity contribution in [3.05, 3.63) is 52.6 Å². The Bertz CT molecular complexity index is 944. The van der Waals surface area contributed by atoms with Gasteiger partial charge in [0, 0.05) is 11.8 Å². The van der Waals surface area contributed by atoms with Gasteiger partial charge < -0.3 is 19.9 Å². The van der Waals surface area contributed by atoms with Crippen molar-refractivity contribution in [3.63, 3.8) is 0 Å². The van der Waals surface area contributed by atoms with Crippen LogP contribution in [0.2, 0.25) is 0 Å². The number of benzene rings is 2. The number of nitrogens with one attached hydrogen (secondary N) is 1. The lowest BCUT2D eigenvalue weighted by Gasteiger charge is -2.11. The molecule has 2 N–H and O–H groups in total. The van der Waals surface area contributed by atoms with Crippen molar-refractivity contribution < 1.29 is 29.1 Å². The van der Waals surface area contributed by atoms with E-state index >= 15 is 0 Å². The third kappa shape index (κ3) is 6.07. The smallest absolute Gasteiger partial charge is 0.273 e. The van der Waals surface area contributed by atoms with E-state index in [0.29, 0.717) is 11.4 Å². The summed E-state index contributed by atoms with van der Waals surface area (Å²) in [5, 5.41) is 29.8. The quantitative estimate of drug-likeness (QED) is 0.261. The third-order valence-electron chi connectivity index (χ3n) is 3.77. The van der Waals surface area contributed by atoms with Gasteiger partial charge in [-0.25, -0.2) is 0 Å². The number of hydrogen-bond donors (Lipinski definition) is 2. The van der Waals surface area contributed by atoms with Crippen molar-refractivity contribution in [2.24, 2.45) is 10.2 Å². The standard InChI is InChI=1S/C19H20N4O7/c1-12(25)18(19(26)20-13-3-6-15(7-4-13)30-10-9-24)22-21-16-8-5-14(23(27)28)11-17(16)29-2/h3-8,11,18,24H,9-10H2,1-2H3,(H,20,26). The molecule has 2 aromatic carbocycles. The molecule has 0 saturated carbocycles. The Kier molecular flexibility index (Phi) is 7.94. The van der Waals surface area contributed by atoms with Crippen molar-refractivity contribution >= 4 is 28.8 Å². The van der Waals surface area contributed by atoms with Crippen LogP contribution in [-0.4, -0.2) is 48.1 Å². The number of nitro benzene ring substituents is 1. The molecule has 1 amide bonds. The van der Waals surface area contributed by atoms with Gasteiger partial charge in [0.2, 0.25) is 6.04 Å². The number of carbonyl (C=O) groups is 2. The lowest BCUT2D eigenvalue weighted by molar-refractivity contribution is -0.384. The summed E-state index contributed by atoms with van der Waals surface area (Å²) in [6.45, 7) is 1.22. The van der Waals surface area contributed by atoms with Gasteiger partial charge in [-0.2, -0.15) is 10.2 Å². The average molecular weight is 416 g/mol. The van der Waals surface area contributed by atoms with Gasteiger partial charge in [-0.3, -0.25) is 19.7 Å². The van der Waals surface area contributed by atoms with E-state index in [1.807, 2.05) is 0 Å². The Hall–Kier alpha value is -3.86. The van der Waals surface area contributed by atoms with Crippen molar-refractivity contribution in [1.82, 2.24) is 0 Å². The lowest BCUT2D eigenvalue weighted by Crippen LogP contribution is -2.31. The maximum absolute atomic E-state index is 12.5. The Labute approximate surface area is 171 Å². The second-order valence-corrected chi connectivity index (χ2v) is 5.93. The van der Waals surface area contributed by atoms with E-state index in [4.69, 9.17) is 14.6 Å². The second kappa shape index (κ2) is 10.6. The molecule has 158 valence electrons. The van der Waals surface area contributed by atoms with Crippen LogP contribution in [0.25, 0.3) is 0 Å². The van der Waals surface area contributed by atoms with Crippen molar-refractivity contribution in [3.8, 4) is 11.5 Å². The number of aliphatic hydroxyl groups excluding tert-OH is 1. The van der Waals surface area contributed by atoms with E-state index < -0.39 is 22.7 Å². The van der Waals surface area contributed by atoms with Crippen LogP contribution < -0.4 is 14.8 Å². The summed E-state index contributed by atoms with van der Waals surface area (Å²) in [6, 6.07) is 8.58. The van der Waals surface area contributed by atoms with Crippen LogP contribution in [0.3, 0.4) is 0 Å². The number of amides is 1. The first kappa shape index (κ1) is 22.4. The number of nitrogens with zero attached hydrogens (tertiary/aromatic N) is 3. The molecule has 11 heteroatoms. The monoisotopic (exact) mass is 416 g/mol. The predicted octanol–water partition coefficient (Wildman–Crippen LogP) is 2.65. The van der Waals surface area contributed by atoms with Gasteiger partial charge in [-0.05, 0) is 37.3 Å². The first-order valence-corrected chi connectivity index (χ1v) is 8.74. The lowest BCUT2D eigenvalue weighted by atomic mass is 10.2. The zero-order chi connectivity index (χ0) is 22.1. The number of ether oxygens (including phenoxy) is 2. The van der Waals surface area contributed by atoms with Gasteiger partial charge in [0.15, 0.2) is 11.5 Å². The zero-order valence-electron chi connectivity index (χ0n) is 16.3. The minimum atomic E-state index is -1.42. The first-order chi connectivity index (χ1) is 14.3. The van der Waals surface area contributed by atoms with Crippen LogP contribution in [-0.2, 0) is 9.59 Å². The van der Waals surface area contributed by atoms with E-state index in [1.165, 1.54) is 26.2 Å². The number of non-ortho nitro benzene ring substituents is 1. The minimum Gasteiger partial charge on any atom is -0.494 e. The van der Waals surface area contributed by atoms with Crippen molar-refractivity contribution in [2.75, 3.05) is 25.6 Å². The van der Waals surface area contributed by atoms with Crippen LogP contribution in [0.4, 0.5) is 17.1 Å². The number of azo groups is 1. The Morgan fingerprint density at radius 2 is 1.93 bits per heavy atom. The van der Waals surface area contributed by atoms with Gasteiger partial charge in [-0.1, -0.05) is 0 Å². The molecule has 2 aromatic rings. The van der Waals surface area contributed by atoms with Crippen LogP contribution in [0.5, 0.6) is 11.5 Å². The number of Topliss-reactive ketones (excluding diaryl/α,β-unsaturated/α-hetero) is 1. The molecular weight excluding hydrogens is 396 g/mol. The molecule has 11 nitrogen and oxygen atoms in total. The SMILES string of the molecule is COc1cc([N+](=O)[O-])ccc1N=NC(C(C)=O)C(=O)Nc1ccc(OCCO)cc1. The molecule has 0 aromatic heterocycles. The molecule has 0 radical (unpaired) electrons. The number of aliphatic hydroxyl groups is 1. The normalized spacial score (nSPS) is 11.7. The number of carbonyl (C=O) groups excluding carboxylic acids is 2. The zero-order valence-corrected chi connectivity index (χ0v) is 16.3. The fourth-order valence-corrected chi connectivity index (χ4v) is 2.31.